The number of hydrogen-bond acceptors (Lipinski definition) is 3. The lowest BCUT2D eigenvalue weighted by molar-refractivity contribution is 0.149. The molecule has 108 valence electrons. The molecule has 0 aromatic heterocycles. The summed E-state index contributed by atoms with van der Waals surface area (Å²) in [6, 6.07) is 0. The molecule has 0 saturated carbocycles. The largest absolute Gasteiger partial charge is 0.385 e. The fraction of sp³-hybridized carbons (Fsp3) is 1.00. The van der Waals surface area contributed by atoms with E-state index in [-0.39, 0.29) is 0 Å². The van der Waals surface area contributed by atoms with E-state index >= 15 is 0 Å². The Balaban J connectivity index is 2.30. The molecule has 0 radical (unpaired) electrons. The van der Waals surface area contributed by atoms with Gasteiger partial charge in [-0.1, -0.05) is 27.2 Å². The van der Waals surface area contributed by atoms with Crippen molar-refractivity contribution in [1.82, 2.24) is 10.6 Å². The van der Waals surface area contributed by atoms with Gasteiger partial charge < -0.3 is 15.4 Å². The topological polar surface area (TPSA) is 33.3 Å². The fourth-order valence-electron chi connectivity index (χ4n) is 2.91. The van der Waals surface area contributed by atoms with Gasteiger partial charge in [0.1, 0.15) is 0 Å². The van der Waals surface area contributed by atoms with Crippen molar-refractivity contribution in [2.75, 3.05) is 33.4 Å². The summed E-state index contributed by atoms with van der Waals surface area (Å²) in [7, 11) is 1.78. The predicted molar refractivity (Wildman–Crippen MR) is 78.0 cm³/mol. The van der Waals surface area contributed by atoms with E-state index in [1.807, 2.05) is 0 Å². The van der Waals surface area contributed by atoms with E-state index in [1.54, 1.807) is 7.11 Å². The third-order valence-corrected chi connectivity index (χ3v) is 4.11. The van der Waals surface area contributed by atoms with Gasteiger partial charge in [-0.25, -0.2) is 0 Å². The molecule has 3 nitrogen and oxygen atoms in total. The van der Waals surface area contributed by atoms with E-state index < -0.39 is 0 Å². The molecule has 2 N–H and O–H groups in total. The van der Waals surface area contributed by atoms with Gasteiger partial charge in [0.2, 0.25) is 0 Å². The summed E-state index contributed by atoms with van der Waals surface area (Å²) in [6.07, 6.45) is 6.33. The third kappa shape index (κ3) is 5.25. The van der Waals surface area contributed by atoms with E-state index in [9.17, 15) is 0 Å². The van der Waals surface area contributed by atoms with Crippen molar-refractivity contribution in [3.8, 4) is 0 Å². The summed E-state index contributed by atoms with van der Waals surface area (Å²) >= 11 is 0. The van der Waals surface area contributed by atoms with Crippen LogP contribution in [0, 0.1) is 5.41 Å². The Morgan fingerprint density at radius 1 is 1.39 bits per heavy atom. The van der Waals surface area contributed by atoms with E-state index in [2.05, 4.69) is 31.4 Å². The molecular formula is C15H32N2O. The Labute approximate surface area is 113 Å². The van der Waals surface area contributed by atoms with Crippen LogP contribution in [-0.2, 0) is 4.74 Å². The van der Waals surface area contributed by atoms with E-state index in [0.29, 0.717) is 11.0 Å². The fourth-order valence-corrected chi connectivity index (χ4v) is 2.91. The molecule has 0 amide bonds. The van der Waals surface area contributed by atoms with Crippen molar-refractivity contribution < 1.29 is 4.74 Å². The molecule has 0 bridgehead atoms. The van der Waals surface area contributed by atoms with Crippen LogP contribution < -0.4 is 10.6 Å². The average Bonchev–Trinajstić information content (AvgIpc) is 2.76. The number of methoxy groups -OCH3 is 1. The van der Waals surface area contributed by atoms with Crippen molar-refractivity contribution in [2.45, 2.75) is 58.4 Å². The highest BCUT2D eigenvalue weighted by Crippen LogP contribution is 2.25. The SMILES string of the molecule is CCCC1(CNCC(C)(C)CCOC)CCCN1. The summed E-state index contributed by atoms with van der Waals surface area (Å²) < 4.78 is 5.18. The smallest absolute Gasteiger partial charge is 0.0467 e. The lowest BCUT2D eigenvalue weighted by atomic mass is 9.88. The van der Waals surface area contributed by atoms with E-state index in [1.165, 1.54) is 32.2 Å². The van der Waals surface area contributed by atoms with Gasteiger partial charge in [0.15, 0.2) is 0 Å². The molecule has 3 heteroatoms. The maximum absolute atomic E-state index is 5.18. The van der Waals surface area contributed by atoms with Crippen LogP contribution in [0.15, 0.2) is 0 Å². The second-order valence-electron chi connectivity index (χ2n) is 6.57. The van der Waals surface area contributed by atoms with Crippen LogP contribution in [0.4, 0.5) is 0 Å². The lowest BCUT2D eigenvalue weighted by Gasteiger charge is -2.32. The van der Waals surface area contributed by atoms with Crippen LogP contribution in [0.1, 0.15) is 52.9 Å². The summed E-state index contributed by atoms with van der Waals surface area (Å²) in [4.78, 5) is 0. The summed E-state index contributed by atoms with van der Waals surface area (Å²) in [5.41, 5.74) is 0.689. The highest BCUT2D eigenvalue weighted by Gasteiger charge is 2.32. The van der Waals surface area contributed by atoms with Crippen LogP contribution in [0.2, 0.25) is 0 Å². The minimum absolute atomic E-state index is 0.321. The third-order valence-electron chi connectivity index (χ3n) is 4.11. The van der Waals surface area contributed by atoms with Crippen LogP contribution in [0.3, 0.4) is 0 Å². The van der Waals surface area contributed by atoms with E-state index in [4.69, 9.17) is 4.74 Å². The molecule has 0 aromatic carbocycles. The second-order valence-corrected chi connectivity index (χ2v) is 6.57. The number of nitrogens with one attached hydrogen (secondary N) is 2. The van der Waals surface area contributed by atoms with Crippen molar-refractivity contribution in [3.05, 3.63) is 0 Å². The van der Waals surface area contributed by atoms with Gasteiger partial charge in [-0.2, -0.15) is 0 Å². The average molecular weight is 256 g/mol. The van der Waals surface area contributed by atoms with Gasteiger partial charge in [-0.05, 0) is 37.6 Å². The maximum atomic E-state index is 5.18. The highest BCUT2D eigenvalue weighted by atomic mass is 16.5. The summed E-state index contributed by atoms with van der Waals surface area (Å²) in [6.45, 7) is 11.1. The minimum atomic E-state index is 0.321. The molecule has 0 aliphatic carbocycles. The van der Waals surface area contributed by atoms with Crippen LogP contribution in [0.25, 0.3) is 0 Å². The van der Waals surface area contributed by atoms with Crippen molar-refractivity contribution in [1.29, 1.82) is 0 Å². The van der Waals surface area contributed by atoms with Gasteiger partial charge in [-0.15, -0.1) is 0 Å². The zero-order chi connectivity index (χ0) is 13.5. The molecule has 1 aliphatic rings. The lowest BCUT2D eigenvalue weighted by Crippen LogP contribution is -2.49. The first-order chi connectivity index (χ1) is 8.54. The van der Waals surface area contributed by atoms with Crippen molar-refractivity contribution in [3.63, 3.8) is 0 Å². The monoisotopic (exact) mass is 256 g/mol. The first-order valence-corrected chi connectivity index (χ1v) is 7.48. The normalized spacial score (nSPS) is 24.7. The van der Waals surface area contributed by atoms with Crippen LogP contribution in [0.5, 0.6) is 0 Å². The zero-order valence-electron chi connectivity index (χ0n) is 12.8. The molecule has 1 saturated heterocycles. The van der Waals surface area contributed by atoms with Crippen LogP contribution >= 0.6 is 0 Å². The molecule has 1 aliphatic heterocycles. The summed E-state index contributed by atoms with van der Waals surface area (Å²) in [5, 5.41) is 7.40. The standard InChI is InChI=1S/C15H32N2O/c1-5-7-15(8-6-10-17-15)13-16-12-14(2,3)9-11-18-4/h16-17H,5-13H2,1-4H3. The number of hydrogen-bond donors (Lipinski definition) is 2. The quantitative estimate of drug-likeness (QED) is 0.665. The first-order valence-electron chi connectivity index (χ1n) is 7.48. The molecule has 0 aromatic rings. The molecule has 1 heterocycles. The van der Waals surface area contributed by atoms with Gasteiger partial charge >= 0.3 is 0 Å². The second kappa shape index (κ2) is 7.46. The Hall–Kier alpha value is -0.120. The minimum Gasteiger partial charge on any atom is -0.385 e. The Kier molecular flexibility index (Phi) is 6.61. The van der Waals surface area contributed by atoms with Crippen molar-refractivity contribution >= 4 is 0 Å². The van der Waals surface area contributed by atoms with Gasteiger partial charge in [-0.3, -0.25) is 0 Å². The Bertz CT molecular complexity index is 223. The molecule has 1 rings (SSSR count). The Morgan fingerprint density at radius 3 is 2.72 bits per heavy atom. The first kappa shape index (κ1) is 15.9. The maximum Gasteiger partial charge on any atom is 0.0467 e. The van der Waals surface area contributed by atoms with E-state index in [0.717, 1.165) is 26.1 Å². The van der Waals surface area contributed by atoms with Crippen LogP contribution in [-0.4, -0.2) is 38.9 Å². The number of rotatable bonds is 9. The molecule has 0 spiro atoms. The molecule has 1 unspecified atom stereocenters. The van der Waals surface area contributed by atoms with Gasteiger partial charge in [0.05, 0.1) is 0 Å². The van der Waals surface area contributed by atoms with Gasteiger partial charge in [0, 0.05) is 32.3 Å². The predicted octanol–water partition coefficient (Wildman–Crippen LogP) is 2.56. The summed E-state index contributed by atoms with van der Waals surface area (Å²) in [5.74, 6) is 0. The Morgan fingerprint density at radius 2 is 2.17 bits per heavy atom. The molecule has 18 heavy (non-hydrogen) atoms. The molecular weight excluding hydrogens is 224 g/mol. The van der Waals surface area contributed by atoms with Gasteiger partial charge in [0.25, 0.3) is 0 Å². The van der Waals surface area contributed by atoms with Crippen molar-refractivity contribution in [2.24, 2.45) is 5.41 Å². The highest BCUT2D eigenvalue weighted by molar-refractivity contribution is 4.94. The molecule has 1 fully saturated rings. The number of ether oxygens (including phenoxy) is 1. The zero-order valence-corrected chi connectivity index (χ0v) is 12.8. The molecule has 1 atom stereocenters.